The first kappa shape index (κ1) is 22.5. The summed E-state index contributed by atoms with van der Waals surface area (Å²) < 4.78 is 25.3. The number of thiophene rings is 1. The van der Waals surface area contributed by atoms with Gasteiger partial charge in [0.2, 0.25) is 5.91 Å². The zero-order chi connectivity index (χ0) is 23.7. The molecule has 33 heavy (non-hydrogen) atoms. The molecule has 0 aliphatic heterocycles. The Morgan fingerprint density at radius 2 is 1.85 bits per heavy atom. The number of hydrogen-bond donors (Lipinski definition) is 1. The van der Waals surface area contributed by atoms with Gasteiger partial charge in [-0.15, -0.1) is 11.3 Å². The number of fused-ring (bicyclic) bond motifs is 1. The number of amides is 1. The van der Waals surface area contributed by atoms with Crippen molar-refractivity contribution in [3.63, 3.8) is 0 Å². The summed E-state index contributed by atoms with van der Waals surface area (Å²) in [5, 5.41) is 3.20. The fourth-order valence-corrected chi connectivity index (χ4v) is 4.76. The molecule has 0 saturated carbocycles. The molecule has 0 aliphatic carbocycles. The number of aromatic nitrogens is 2. The van der Waals surface area contributed by atoms with Gasteiger partial charge in [-0.3, -0.25) is 14.2 Å². The summed E-state index contributed by atoms with van der Waals surface area (Å²) in [7, 11) is 3.03. The van der Waals surface area contributed by atoms with Crippen LogP contribution in [0.1, 0.15) is 10.7 Å². The number of halogens is 1. The van der Waals surface area contributed by atoms with Crippen molar-refractivity contribution < 1.29 is 18.7 Å². The van der Waals surface area contributed by atoms with Crippen LogP contribution in [0, 0.1) is 19.7 Å². The zero-order valence-electron chi connectivity index (χ0n) is 18.6. The molecule has 2 heterocycles. The predicted octanol–water partition coefficient (Wildman–Crippen LogP) is 4.54. The average Bonchev–Trinajstić information content (AvgIpc) is 3.13. The van der Waals surface area contributed by atoms with Gasteiger partial charge in [0.25, 0.3) is 5.56 Å². The molecule has 0 saturated heterocycles. The van der Waals surface area contributed by atoms with Crippen molar-refractivity contribution in [3.8, 4) is 22.6 Å². The highest BCUT2D eigenvalue weighted by atomic mass is 32.1. The molecule has 1 amide bonds. The number of anilines is 1. The molecule has 7 nitrogen and oxygen atoms in total. The topological polar surface area (TPSA) is 82.5 Å². The summed E-state index contributed by atoms with van der Waals surface area (Å²) in [6.07, 6.45) is 0. The Labute approximate surface area is 193 Å². The van der Waals surface area contributed by atoms with Crippen LogP contribution in [0.25, 0.3) is 21.3 Å². The number of hydrogen-bond acceptors (Lipinski definition) is 6. The van der Waals surface area contributed by atoms with Crippen molar-refractivity contribution in [1.82, 2.24) is 9.55 Å². The van der Waals surface area contributed by atoms with Crippen LogP contribution in [-0.4, -0.2) is 29.7 Å². The fraction of sp³-hybridized carbons (Fsp3) is 0.208. The number of nitrogens with one attached hydrogen (secondary N) is 1. The zero-order valence-corrected chi connectivity index (χ0v) is 19.4. The maximum absolute atomic E-state index is 13.5. The Morgan fingerprint density at radius 3 is 2.52 bits per heavy atom. The Balaban J connectivity index is 1.71. The van der Waals surface area contributed by atoms with E-state index in [1.54, 1.807) is 37.3 Å². The Kier molecular flexibility index (Phi) is 6.15. The standard InChI is InChI=1S/C24H22FN3O4S/c1-13-21(15-5-7-16(25)8-6-15)22-23(33-13)26-14(2)28(24(22)30)12-20(29)27-18-10-9-17(31-3)11-19(18)32-4/h5-11H,12H2,1-4H3,(H,27,29). The Bertz CT molecular complexity index is 1410. The molecular formula is C24H22FN3O4S. The summed E-state index contributed by atoms with van der Waals surface area (Å²) in [4.78, 5) is 32.3. The van der Waals surface area contributed by atoms with E-state index in [2.05, 4.69) is 10.3 Å². The van der Waals surface area contributed by atoms with Crippen LogP contribution in [0.5, 0.6) is 11.5 Å². The van der Waals surface area contributed by atoms with Crippen molar-refractivity contribution in [1.29, 1.82) is 0 Å². The molecule has 0 fully saturated rings. The first-order valence-electron chi connectivity index (χ1n) is 10.1. The van der Waals surface area contributed by atoms with E-state index in [1.807, 2.05) is 6.92 Å². The number of aryl methyl sites for hydroxylation is 2. The molecule has 170 valence electrons. The quantitative estimate of drug-likeness (QED) is 0.450. The first-order valence-corrected chi connectivity index (χ1v) is 10.9. The molecule has 0 atom stereocenters. The van der Waals surface area contributed by atoms with Crippen molar-refractivity contribution in [3.05, 3.63) is 69.3 Å². The molecule has 0 bridgehead atoms. The predicted molar refractivity (Wildman–Crippen MR) is 127 cm³/mol. The lowest BCUT2D eigenvalue weighted by atomic mass is 10.0. The van der Waals surface area contributed by atoms with Crippen LogP contribution in [0.2, 0.25) is 0 Å². The van der Waals surface area contributed by atoms with Crippen LogP contribution in [0.4, 0.5) is 10.1 Å². The largest absolute Gasteiger partial charge is 0.497 e. The number of benzene rings is 2. The van der Waals surface area contributed by atoms with E-state index in [0.717, 1.165) is 10.4 Å². The van der Waals surface area contributed by atoms with E-state index < -0.39 is 5.91 Å². The number of nitrogens with zero attached hydrogens (tertiary/aromatic N) is 2. The average molecular weight is 468 g/mol. The summed E-state index contributed by atoms with van der Waals surface area (Å²) in [6, 6.07) is 11.0. The van der Waals surface area contributed by atoms with Crippen LogP contribution in [0.3, 0.4) is 0 Å². The van der Waals surface area contributed by atoms with E-state index >= 15 is 0 Å². The van der Waals surface area contributed by atoms with Gasteiger partial charge in [0.15, 0.2) is 0 Å². The summed E-state index contributed by atoms with van der Waals surface area (Å²) in [6.45, 7) is 3.36. The monoisotopic (exact) mass is 467 g/mol. The smallest absolute Gasteiger partial charge is 0.263 e. The van der Waals surface area contributed by atoms with E-state index in [9.17, 15) is 14.0 Å². The van der Waals surface area contributed by atoms with Crippen LogP contribution >= 0.6 is 11.3 Å². The second-order valence-corrected chi connectivity index (χ2v) is 8.59. The summed E-state index contributed by atoms with van der Waals surface area (Å²) in [5.74, 6) is 0.699. The highest BCUT2D eigenvalue weighted by molar-refractivity contribution is 7.19. The van der Waals surface area contributed by atoms with Gasteiger partial charge < -0.3 is 14.8 Å². The molecule has 0 aliphatic rings. The molecule has 0 unspecified atom stereocenters. The van der Waals surface area contributed by atoms with Crippen molar-refractivity contribution in [2.75, 3.05) is 19.5 Å². The maximum Gasteiger partial charge on any atom is 0.263 e. The van der Waals surface area contributed by atoms with Gasteiger partial charge in [-0.05, 0) is 43.7 Å². The summed E-state index contributed by atoms with van der Waals surface area (Å²) in [5.41, 5.74) is 1.57. The minimum Gasteiger partial charge on any atom is -0.497 e. The lowest BCUT2D eigenvalue weighted by molar-refractivity contribution is -0.116. The number of carbonyl (C=O) groups excluding carboxylic acids is 1. The third-order valence-electron chi connectivity index (χ3n) is 5.30. The normalized spacial score (nSPS) is 10.9. The maximum atomic E-state index is 13.5. The highest BCUT2D eigenvalue weighted by Gasteiger charge is 2.20. The third kappa shape index (κ3) is 4.31. The molecule has 2 aromatic carbocycles. The fourth-order valence-electron chi connectivity index (χ4n) is 3.68. The van der Waals surface area contributed by atoms with Gasteiger partial charge in [0, 0.05) is 16.5 Å². The number of rotatable bonds is 6. The second-order valence-electron chi connectivity index (χ2n) is 7.38. The number of ether oxygens (including phenoxy) is 2. The number of methoxy groups -OCH3 is 2. The molecule has 0 spiro atoms. The lowest BCUT2D eigenvalue weighted by Crippen LogP contribution is -2.30. The van der Waals surface area contributed by atoms with Gasteiger partial charge in [-0.1, -0.05) is 12.1 Å². The third-order valence-corrected chi connectivity index (χ3v) is 6.30. The van der Waals surface area contributed by atoms with Gasteiger partial charge in [-0.2, -0.15) is 0 Å². The van der Waals surface area contributed by atoms with E-state index in [1.165, 1.54) is 42.3 Å². The Hall–Kier alpha value is -3.72. The number of carbonyl (C=O) groups is 1. The minimum atomic E-state index is -0.403. The van der Waals surface area contributed by atoms with E-state index in [0.29, 0.717) is 38.8 Å². The molecule has 9 heteroatoms. The van der Waals surface area contributed by atoms with E-state index in [4.69, 9.17) is 9.47 Å². The van der Waals surface area contributed by atoms with Crippen molar-refractivity contribution in [2.45, 2.75) is 20.4 Å². The van der Waals surface area contributed by atoms with Crippen molar-refractivity contribution >= 4 is 33.1 Å². The van der Waals surface area contributed by atoms with Gasteiger partial charge in [0.05, 0.1) is 25.3 Å². The second kappa shape index (κ2) is 9.03. The molecule has 1 N–H and O–H groups in total. The molecule has 2 aromatic heterocycles. The van der Waals surface area contributed by atoms with Gasteiger partial charge >= 0.3 is 0 Å². The molecule has 4 rings (SSSR count). The van der Waals surface area contributed by atoms with Crippen LogP contribution < -0.4 is 20.3 Å². The summed E-state index contributed by atoms with van der Waals surface area (Å²) >= 11 is 1.40. The lowest BCUT2D eigenvalue weighted by Gasteiger charge is -2.13. The molecule has 4 aromatic rings. The Morgan fingerprint density at radius 1 is 1.12 bits per heavy atom. The SMILES string of the molecule is COc1ccc(NC(=O)Cn2c(C)nc3sc(C)c(-c4ccc(F)cc4)c3c2=O)c(OC)c1. The van der Waals surface area contributed by atoms with Crippen LogP contribution in [0.15, 0.2) is 47.3 Å². The first-order chi connectivity index (χ1) is 15.8. The van der Waals surface area contributed by atoms with E-state index in [-0.39, 0.29) is 17.9 Å². The van der Waals surface area contributed by atoms with Crippen LogP contribution in [-0.2, 0) is 11.3 Å². The minimum absolute atomic E-state index is 0.222. The molecule has 0 radical (unpaired) electrons. The molecular weight excluding hydrogens is 445 g/mol. The van der Waals surface area contributed by atoms with Gasteiger partial charge in [-0.25, -0.2) is 9.37 Å². The van der Waals surface area contributed by atoms with Crippen molar-refractivity contribution in [2.24, 2.45) is 0 Å². The van der Waals surface area contributed by atoms with Gasteiger partial charge in [0.1, 0.15) is 34.5 Å². The highest BCUT2D eigenvalue weighted by Crippen LogP contribution is 2.36.